The number of nitrogens with one attached hydrogen (secondary N) is 4. The number of carbonyl (C=O) groups excluding carboxylic acids is 5. The van der Waals surface area contributed by atoms with Gasteiger partial charge in [-0.05, 0) is 68.1 Å². The third kappa shape index (κ3) is 9.98. The van der Waals surface area contributed by atoms with E-state index in [0.29, 0.717) is 22.5 Å². The van der Waals surface area contributed by atoms with Gasteiger partial charge in [-0.3, -0.25) is 24.0 Å². The monoisotopic (exact) mass is 791 g/mol. The van der Waals surface area contributed by atoms with Crippen LogP contribution in [0.2, 0.25) is 5.02 Å². The summed E-state index contributed by atoms with van der Waals surface area (Å²) in [6, 6.07) is 5.15. The van der Waals surface area contributed by atoms with Crippen molar-refractivity contribution < 1.29 is 33.1 Å². The molecule has 0 spiro atoms. The van der Waals surface area contributed by atoms with Crippen LogP contribution >= 0.6 is 11.6 Å². The number of aromatic nitrogens is 2. The van der Waals surface area contributed by atoms with Crippen LogP contribution in [0.15, 0.2) is 40.9 Å². The molecule has 2 aromatic heterocycles. The number of ketones is 1. The van der Waals surface area contributed by atoms with Gasteiger partial charge in [-0.2, -0.15) is 4.98 Å². The highest BCUT2D eigenvalue weighted by atomic mass is 35.5. The molecular weight excluding hydrogens is 738 g/mol. The van der Waals surface area contributed by atoms with Crippen LogP contribution in [0.3, 0.4) is 0 Å². The Bertz CT molecular complexity index is 1900. The minimum Gasteiger partial charge on any atom is -0.472 e. The summed E-state index contributed by atoms with van der Waals surface area (Å²) < 4.78 is 12.2. The number of oxazole rings is 1. The molecule has 15 heteroatoms. The van der Waals surface area contributed by atoms with E-state index in [9.17, 15) is 24.0 Å². The zero-order chi connectivity index (χ0) is 40.1. The number of hydrogen-bond donors (Lipinski definition) is 4. The zero-order valence-electron chi connectivity index (χ0n) is 32.9. The summed E-state index contributed by atoms with van der Waals surface area (Å²) in [7, 11) is 0. The maximum Gasteiger partial charge on any atom is 0.296 e. The third-order valence-electron chi connectivity index (χ3n) is 10.9. The molecule has 4 amide bonds. The second-order valence-corrected chi connectivity index (χ2v) is 17.0. The third-order valence-corrected chi connectivity index (χ3v) is 11.1. The number of rotatable bonds is 15. The normalized spacial score (nSPS) is 20.5. The van der Waals surface area contributed by atoms with Crippen molar-refractivity contribution >= 4 is 58.1 Å². The van der Waals surface area contributed by atoms with E-state index in [1.54, 1.807) is 12.1 Å². The van der Waals surface area contributed by atoms with E-state index >= 15 is 0 Å². The number of halogens is 1. The van der Waals surface area contributed by atoms with Gasteiger partial charge in [0.05, 0.1) is 17.6 Å². The lowest BCUT2D eigenvalue weighted by molar-refractivity contribution is -0.145. The fourth-order valence-electron chi connectivity index (χ4n) is 7.64. The zero-order valence-corrected chi connectivity index (χ0v) is 33.6. The highest BCUT2D eigenvalue weighted by Crippen LogP contribution is 2.32. The SMILES string of the molecule is CCC[C@@H](NC(=O)C1C[C@@H](Oc2ccc(Cl)cn2)CN1C(=O)[C@H](NC(=O)[C@@H](Nc1nc2c(C)cccc2o1)C1CCCCC1)C(C)(C)C)C(=O)C(=O)NC1CC1. The number of amides is 4. The molecule has 302 valence electrons. The highest BCUT2D eigenvalue weighted by Gasteiger charge is 2.47. The van der Waals surface area contributed by atoms with Crippen molar-refractivity contribution in [2.75, 3.05) is 11.9 Å². The van der Waals surface area contributed by atoms with Gasteiger partial charge in [-0.1, -0.05) is 77.1 Å². The van der Waals surface area contributed by atoms with Crippen molar-refractivity contribution in [1.29, 1.82) is 0 Å². The Morgan fingerprint density at radius 2 is 1.77 bits per heavy atom. The van der Waals surface area contributed by atoms with Crippen molar-refractivity contribution in [3.8, 4) is 5.88 Å². The number of aryl methyl sites for hydroxylation is 1. The minimum absolute atomic E-state index is 0.00476. The molecule has 1 saturated heterocycles. The summed E-state index contributed by atoms with van der Waals surface area (Å²) in [6.45, 7) is 9.37. The van der Waals surface area contributed by atoms with Crippen molar-refractivity contribution in [1.82, 2.24) is 30.8 Å². The molecule has 3 aromatic rings. The number of carbonyl (C=O) groups is 5. The first kappa shape index (κ1) is 40.9. The van der Waals surface area contributed by atoms with E-state index in [1.165, 1.54) is 11.1 Å². The topological polar surface area (TPSA) is 185 Å². The van der Waals surface area contributed by atoms with Crippen molar-refractivity contribution in [3.05, 3.63) is 47.1 Å². The maximum absolute atomic E-state index is 14.8. The molecule has 1 unspecified atom stereocenters. The van der Waals surface area contributed by atoms with E-state index in [0.717, 1.165) is 50.5 Å². The molecule has 0 bridgehead atoms. The molecule has 4 N–H and O–H groups in total. The molecule has 0 radical (unpaired) electrons. The largest absolute Gasteiger partial charge is 0.472 e. The van der Waals surface area contributed by atoms with Gasteiger partial charge in [0.2, 0.25) is 29.4 Å². The Kier molecular flexibility index (Phi) is 12.9. The number of likely N-dealkylation sites (tertiary alicyclic amines) is 1. The van der Waals surface area contributed by atoms with Crippen LogP contribution in [0.4, 0.5) is 6.01 Å². The standard InChI is InChI=1S/C41H54ClN7O7/c1-6-11-28(34(50)38(53)44-26-17-18-26)45-36(51)29-20-27(55-31-19-16-25(42)21-43-31)22-49(29)39(54)35(41(3,4)5)48-37(52)33(24-13-8-7-9-14-24)47-40-46-32-23(2)12-10-15-30(32)56-40/h10,12,15-16,19,21,24,26-29,33,35H,6-9,11,13-14,17-18,20,22H2,1-5H3,(H,44,53)(H,45,51)(H,46,47)(H,48,52)/t27-,28-,29?,33+,35+/m1/s1. The summed E-state index contributed by atoms with van der Waals surface area (Å²) in [5.41, 5.74) is 1.46. The van der Waals surface area contributed by atoms with Crippen LogP contribution < -0.4 is 26.0 Å². The van der Waals surface area contributed by atoms with E-state index in [-0.39, 0.29) is 49.1 Å². The average Bonchev–Trinajstić information content (AvgIpc) is 3.71. The number of fused-ring (bicyclic) bond motifs is 1. The van der Waals surface area contributed by atoms with Gasteiger partial charge in [-0.15, -0.1) is 0 Å². The van der Waals surface area contributed by atoms with Crippen LogP contribution in [0.25, 0.3) is 11.1 Å². The van der Waals surface area contributed by atoms with Crippen molar-refractivity contribution in [2.45, 2.75) is 135 Å². The fourth-order valence-corrected chi connectivity index (χ4v) is 7.75. The predicted molar refractivity (Wildman–Crippen MR) is 211 cm³/mol. The molecular formula is C41H54ClN7O7. The van der Waals surface area contributed by atoms with Gasteiger partial charge in [0.25, 0.3) is 11.9 Å². The van der Waals surface area contributed by atoms with Crippen molar-refractivity contribution in [3.63, 3.8) is 0 Å². The van der Waals surface area contributed by atoms with Crippen LogP contribution in [-0.4, -0.2) is 87.1 Å². The Hall–Kier alpha value is -4.72. The van der Waals surface area contributed by atoms with E-state index in [4.69, 9.17) is 20.8 Å². The first-order chi connectivity index (χ1) is 26.7. The van der Waals surface area contributed by atoms with Crippen molar-refractivity contribution in [2.24, 2.45) is 11.3 Å². The molecule has 2 saturated carbocycles. The van der Waals surface area contributed by atoms with Gasteiger partial charge in [0, 0.05) is 24.7 Å². The molecule has 6 rings (SSSR count). The van der Waals surface area contributed by atoms with Crippen LogP contribution in [-0.2, 0) is 24.0 Å². The molecule has 3 aliphatic rings. The van der Waals surface area contributed by atoms with Crippen LogP contribution in [0.1, 0.15) is 97.5 Å². The number of para-hydroxylation sites is 1. The molecule has 1 aliphatic heterocycles. The second kappa shape index (κ2) is 17.6. The molecule has 56 heavy (non-hydrogen) atoms. The Labute approximate surface area is 332 Å². The smallest absolute Gasteiger partial charge is 0.296 e. The summed E-state index contributed by atoms with van der Waals surface area (Å²) >= 11 is 6.04. The molecule has 5 atom stereocenters. The molecule has 3 heterocycles. The lowest BCUT2D eigenvalue weighted by Crippen LogP contribution is -2.61. The Morgan fingerprint density at radius 1 is 1.02 bits per heavy atom. The summed E-state index contributed by atoms with van der Waals surface area (Å²) in [4.78, 5) is 79.8. The second-order valence-electron chi connectivity index (χ2n) is 16.5. The number of pyridine rings is 1. The minimum atomic E-state index is -1.07. The lowest BCUT2D eigenvalue weighted by atomic mass is 9.82. The van der Waals surface area contributed by atoms with E-state index in [1.807, 2.05) is 52.8 Å². The number of benzene rings is 1. The molecule has 3 fully saturated rings. The quantitative estimate of drug-likeness (QED) is 0.148. The average molecular weight is 792 g/mol. The number of Topliss-reactive ketones (excluding diaryl/α,β-unsaturated/α-hetero) is 1. The van der Waals surface area contributed by atoms with Gasteiger partial charge in [0.1, 0.15) is 29.7 Å². The van der Waals surface area contributed by atoms with Crippen LogP contribution in [0, 0.1) is 18.3 Å². The summed E-state index contributed by atoms with van der Waals surface area (Å²) in [5, 5.41) is 12.3. The Balaban J connectivity index is 1.25. The fraction of sp³-hybridized carbons (Fsp3) is 0.585. The highest BCUT2D eigenvalue weighted by molar-refractivity contribution is 6.38. The van der Waals surface area contributed by atoms with Gasteiger partial charge in [0.15, 0.2) is 5.58 Å². The molecule has 1 aromatic carbocycles. The molecule has 14 nitrogen and oxygen atoms in total. The van der Waals surface area contributed by atoms with E-state index in [2.05, 4.69) is 31.2 Å². The van der Waals surface area contributed by atoms with E-state index < -0.39 is 59.2 Å². The number of nitrogens with zero attached hydrogens (tertiary/aromatic N) is 3. The summed E-state index contributed by atoms with van der Waals surface area (Å²) in [5.74, 6) is -2.67. The number of anilines is 1. The Morgan fingerprint density at radius 3 is 2.41 bits per heavy atom. The number of hydrogen-bond acceptors (Lipinski definition) is 10. The maximum atomic E-state index is 14.8. The lowest BCUT2D eigenvalue weighted by Gasteiger charge is -2.37. The van der Waals surface area contributed by atoms with Gasteiger partial charge < -0.3 is 35.3 Å². The number of ether oxygens (including phenoxy) is 1. The van der Waals surface area contributed by atoms with Crippen LogP contribution in [0.5, 0.6) is 5.88 Å². The predicted octanol–water partition coefficient (Wildman–Crippen LogP) is 5.26. The first-order valence-electron chi connectivity index (χ1n) is 19.9. The first-order valence-corrected chi connectivity index (χ1v) is 20.3. The molecule has 2 aliphatic carbocycles. The van der Waals surface area contributed by atoms with Gasteiger partial charge >= 0.3 is 0 Å². The van der Waals surface area contributed by atoms with Gasteiger partial charge in [-0.25, -0.2) is 4.98 Å². The summed E-state index contributed by atoms with van der Waals surface area (Å²) in [6.07, 6.45) is 7.94.